The van der Waals surface area contributed by atoms with E-state index in [2.05, 4.69) is 10.3 Å². The minimum Gasteiger partial charge on any atom is -0.399 e. The summed E-state index contributed by atoms with van der Waals surface area (Å²) in [4.78, 5) is 14.8. The zero-order valence-corrected chi connectivity index (χ0v) is 11.5. The number of aryl methyl sites for hydroxylation is 1. The molecule has 0 amide bonds. The molecule has 0 aliphatic heterocycles. The smallest absolute Gasteiger partial charge is 0.311 e. The van der Waals surface area contributed by atoms with Gasteiger partial charge in [-0.1, -0.05) is 6.07 Å². The normalized spacial score (nSPS) is 17.0. The first-order valence-electron chi connectivity index (χ1n) is 6.89. The van der Waals surface area contributed by atoms with Gasteiger partial charge in [0.05, 0.1) is 11.0 Å². The Kier molecular flexibility index (Phi) is 3.43. The number of hydrogen-bond donors (Lipinski definition) is 2. The van der Waals surface area contributed by atoms with E-state index >= 15 is 0 Å². The number of nitrogens with zero attached hydrogens (tertiary/aromatic N) is 2. The van der Waals surface area contributed by atoms with Crippen LogP contribution < -0.4 is 11.1 Å². The van der Waals surface area contributed by atoms with Gasteiger partial charge in [-0.05, 0) is 48.6 Å². The van der Waals surface area contributed by atoms with E-state index in [1.165, 1.54) is 11.6 Å². The highest BCUT2D eigenvalue weighted by atomic mass is 16.6. The number of benzene rings is 1. The third-order valence-electron chi connectivity index (χ3n) is 3.78. The van der Waals surface area contributed by atoms with Crippen molar-refractivity contribution in [2.24, 2.45) is 0 Å². The van der Waals surface area contributed by atoms with Crippen LogP contribution in [0.4, 0.5) is 17.2 Å². The predicted octanol–water partition coefficient (Wildman–Crippen LogP) is 3.06. The fourth-order valence-corrected chi connectivity index (χ4v) is 2.80. The molecule has 1 aromatic heterocycles. The molecule has 0 spiro atoms. The Morgan fingerprint density at radius 1 is 1.38 bits per heavy atom. The second-order valence-electron chi connectivity index (χ2n) is 5.18. The molecule has 0 saturated carbocycles. The van der Waals surface area contributed by atoms with E-state index in [1.807, 2.05) is 18.2 Å². The lowest BCUT2D eigenvalue weighted by atomic mass is 9.87. The van der Waals surface area contributed by atoms with Gasteiger partial charge >= 0.3 is 5.69 Å². The molecule has 3 N–H and O–H groups in total. The number of nitrogens with one attached hydrogen (secondary N) is 1. The van der Waals surface area contributed by atoms with Crippen molar-refractivity contribution in [2.45, 2.75) is 25.3 Å². The average Bonchev–Trinajstić information content (AvgIpc) is 2.47. The number of rotatable bonds is 3. The molecule has 0 fully saturated rings. The molecule has 2 aromatic rings. The topological polar surface area (TPSA) is 94.1 Å². The highest BCUT2D eigenvalue weighted by Gasteiger charge is 2.23. The van der Waals surface area contributed by atoms with Crippen molar-refractivity contribution in [3.05, 3.63) is 57.8 Å². The molecule has 21 heavy (non-hydrogen) atoms. The van der Waals surface area contributed by atoms with Gasteiger partial charge in [0.2, 0.25) is 5.82 Å². The summed E-state index contributed by atoms with van der Waals surface area (Å²) in [7, 11) is 0. The lowest BCUT2D eigenvalue weighted by Gasteiger charge is -2.26. The number of pyridine rings is 1. The molecule has 3 rings (SSSR count). The van der Waals surface area contributed by atoms with Gasteiger partial charge < -0.3 is 11.1 Å². The first kappa shape index (κ1) is 13.4. The molecule has 0 saturated heterocycles. The van der Waals surface area contributed by atoms with Gasteiger partial charge in [0.15, 0.2) is 0 Å². The molecular weight excluding hydrogens is 268 g/mol. The Morgan fingerprint density at radius 2 is 2.24 bits per heavy atom. The van der Waals surface area contributed by atoms with Gasteiger partial charge in [0, 0.05) is 18.0 Å². The van der Waals surface area contributed by atoms with Crippen molar-refractivity contribution in [2.75, 3.05) is 11.1 Å². The van der Waals surface area contributed by atoms with Crippen molar-refractivity contribution in [3.63, 3.8) is 0 Å². The maximum atomic E-state index is 11.1. The van der Waals surface area contributed by atoms with Crippen LogP contribution in [-0.2, 0) is 6.42 Å². The summed E-state index contributed by atoms with van der Waals surface area (Å²) in [5, 5.41) is 14.3. The first-order chi connectivity index (χ1) is 10.1. The molecule has 1 aromatic carbocycles. The van der Waals surface area contributed by atoms with Crippen LogP contribution in [0.5, 0.6) is 0 Å². The number of aromatic nitrogens is 1. The summed E-state index contributed by atoms with van der Waals surface area (Å²) in [6.45, 7) is 0. The number of fused-ring (bicyclic) bond motifs is 1. The van der Waals surface area contributed by atoms with E-state index in [9.17, 15) is 10.1 Å². The monoisotopic (exact) mass is 284 g/mol. The summed E-state index contributed by atoms with van der Waals surface area (Å²) < 4.78 is 0. The summed E-state index contributed by atoms with van der Waals surface area (Å²) in [5.41, 5.74) is 8.92. The first-order valence-corrected chi connectivity index (χ1v) is 6.89. The van der Waals surface area contributed by atoms with Crippen LogP contribution in [0.1, 0.15) is 30.0 Å². The van der Waals surface area contributed by atoms with Crippen LogP contribution in [0.3, 0.4) is 0 Å². The third kappa shape index (κ3) is 2.65. The minimum absolute atomic E-state index is 0.0000634. The van der Waals surface area contributed by atoms with E-state index in [1.54, 1.807) is 12.3 Å². The molecule has 6 heteroatoms. The molecule has 6 nitrogen and oxygen atoms in total. The zero-order chi connectivity index (χ0) is 14.8. The molecule has 1 aliphatic carbocycles. The Labute approximate surface area is 122 Å². The van der Waals surface area contributed by atoms with Crippen molar-refractivity contribution < 1.29 is 4.92 Å². The summed E-state index contributed by atoms with van der Waals surface area (Å²) in [6.07, 6.45) is 4.49. The van der Waals surface area contributed by atoms with E-state index < -0.39 is 4.92 Å². The maximum absolute atomic E-state index is 11.1. The van der Waals surface area contributed by atoms with Gasteiger partial charge in [0.25, 0.3) is 0 Å². The van der Waals surface area contributed by atoms with Crippen molar-refractivity contribution in [3.8, 4) is 0 Å². The van der Waals surface area contributed by atoms with Crippen LogP contribution in [0.2, 0.25) is 0 Å². The second-order valence-corrected chi connectivity index (χ2v) is 5.18. The Morgan fingerprint density at radius 3 is 3.05 bits per heavy atom. The van der Waals surface area contributed by atoms with E-state index in [0.29, 0.717) is 5.82 Å². The quantitative estimate of drug-likeness (QED) is 0.513. The molecule has 108 valence electrons. The van der Waals surface area contributed by atoms with Gasteiger partial charge in [-0.25, -0.2) is 4.98 Å². The maximum Gasteiger partial charge on any atom is 0.311 e. The highest BCUT2D eigenvalue weighted by molar-refractivity contribution is 5.57. The molecule has 1 aliphatic rings. The van der Waals surface area contributed by atoms with Crippen molar-refractivity contribution in [1.29, 1.82) is 0 Å². The molecule has 1 unspecified atom stereocenters. The highest BCUT2D eigenvalue weighted by Crippen LogP contribution is 2.34. The summed E-state index contributed by atoms with van der Waals surface area (Å²) in [6, 6.07) is 8.90. The number of nitrogens with two attached hydrogens (primary N) is 1. The standard InChI is InChI=1S/C15H16N4O2/c16-11-6-7-12-10(9-11)3-1-4-13(12)18-15-14(19(20)21)5-2-8-17-15/h2,5-9,13H,1,3-4,16H2,(H,17,18). The molecule has 0 bridgehead atoms. The van der Waals surface area contributed by atoms with Crippen molar-refractivity contribution >= 4 is 17.2 Å². The zero-order valence-electron chi connectivity index (χ0n) is 11.5. The van der Waals surface area contributed by atoms with E-state index in [4.69, 9.17) is 5.73 Å². The third-order valence-corrected chi connectivity index (χ3v) is 3.78. The lowest BCUT2D eigenvalue weighted by molar-refractivity contribution is -0.384. The minimum atomic E-state index is -0.415. The summed E-state index contributed by atoms with van der Waals surface area (Å²) in [5.74, 6) is 0.317. The molecule has 1 heterocycles. The van der Waals surface area contributed by atoms with E-state index in [-0.39, 0.29) is 11.7 Å². The number of nitro groups is 1. The Hall–Kier alpha value is -2.63. The van der Waals surface area contributed by atoms with Gasteiger partial charge in [0.1, 0.15) is 0 Å². The second kappa shape index (κ2) is 5.40. The van der Waals surface area contributed by atoms with Gasteiger partial charge in [-0.2, -0.15) is 0 Å². The molecule has 1 atom stereocenters. The molecular formula is C15H16N4O2. The van der Waals surface area contributed by atoms with Crippen LogP contribution in [0.15, 0.2) is 36.5 Å². The SMILES string of the molecule is Nc1ccc2c(c1)CCCC2Nc1ncccc1[N+](=O)[O-]. The predicted molar refractivity (Wildman–Crippen MR) is 81.0 cm³/mol. The lowest BCUT2D eigenvalue weighted by Crippen LogP contribution is -2.18. The van der Waals surface area contributed by atoms with Crippen LogP contribution in [0.25, 0.3) is 0 Å². The number of nitrogen functional groups attached to an aromatic ring is 1. The van der Waals surface area contributed by atoms with Crippen molar-refractivity contribution in [1.82, 2.24) is 4.98 Å². The van der Waals surface area contributed by atoms with Gasteiger partial charge in [-0.15, -0.1) is 0 Å². The van der Waals surface area contributed by atoms with Crippen LogP contribution in [0, 0.1) is 10.1 Å². The van der Waals surface area contributed by atoms with E-state index in [0.717, 1.165) is 30.5 Å². The fourth-order valence-electron chi connectivity index (χ4n) is 2.80. The number of anilines is 2. The average molecular weight is 284 g/mol. The number of hydrogen-bond acceptors (Lipinski definition) is 5. The Balaban J connectivity index is 1.92. The molecule has 0 radical (unpaired) electrons. The van der Waals surface area contributed by atoms with Crippen LogP contribution in [-0.4, -0.2) is 9.91 Å². The fraction of sp³-hybridized carbons (Fsp3) is 0.267. The van der Waals surface area contributed by atoms with Gasteiger partial charge in [-0.3, -0.25) is 10.1 Å². The summed E-state index contributed by atoms with van der Waals surface area (Å²) >= 11 is 0. The largest absolute Gasteiger partial charge is 0.399 e. The Bertz CT molecular complexity index is 687. The van der Waals surface area contributed by atoms with Crippen LogP contribution >= 0.6 is 0 Å².